The molecule has 0 fully saturated rings. The van der Waals surface area contributed by atoms with E-state index in [1.54, 1.807) is 49.4 Å². The van der Waals surface area contributed by atoms with Gasteiger partial charge in [0, 0.05) is 5.56 Å². The van der Waals surface area contributed by atoms with Crippen LogP contribution < -0.4 is 15.6 Å². The van der Waals surface area contributed by atoms with Crippen LogP contribution in [0.2, 0.25) is 0 Å². The second-order valence-corrected chi connectivity index (χ2v) is 5.87. The summed E-state index contributed by atoms with van der Waals surface area (Å²) >= 11 is 0. The van der Waals surface area contributed by atoms with Gasteiger partial charge in [-0.15, -0.1) is 0 Å². The molecule has 0 spiro atoms. The number of benzene rings is 2. The molecule has 0 saturated heterocycles. The van der Waals surface area contributed by atoms with Crippen molar-refractivity contribution in [2.24, 2.45) is 0 Å². The predicted octanol–water partition coefficient (Wildman–Crippen LogP) is 2.79. The molecule has 2 N–H and O–H groups in total. The Hall–Kier alpha value is -3.68. The number of carbonyl (C=O) groups excluding carboxylic acids is 2. The topological polar surface area (TPSA) is 85.2 Å². The number of ether oxygens (including phenoxy) is 1. The minimum Gasteiger partial charge on any atom is -0.494 e. The first-order valence-corrected chi connectivity index (χ1v) is 8.64. The summed E-state index contributed by atoms with van der Waals surface area (Å²) in [5.74, 6) is -0.835. The maximum absolute atomic E-state index is 14.0. The number of halogens is 1. The Morgan fingerprint density at radius 3 is 2.43 bits per heavy atom. The first kappa shape index (κ1) is 19.1. The van der Waals surface area contributed by atoms with Gasteiger partial charge in [0.25, 0.3) is 11.8 Å². The molecular formula is C20H19FN4O3. The monoisotopic (exact) mass is 382 g/mol. The van der Waals surface area contributed by atoms with Crippen molar-refractivity contribution in [1.29, 1.82) is 0 Å². The van der Waals surface area contributed by atoms with E-state index in [-0.39, 0.29) is 11.3 Å². The highest BCUT2D eigenvalue weighted by atomic mass is 19.1. The molecule has 0 saturated carbocycles. The minimum atomic E-state index is -0.556. The third kappa shape index (κ3) is 4.01. The SMILES string of the molecule is CCOc1ccc(C(=O)NNC(=O)c2cnn(-c3ccccc3F)c2C)cc1. The van der Waals surface area contributed by atoms with Crippen molar-refractivity contribution < 1.29 is 18.7 Å². The average molecular weight is 382 g/mol. The fourth-order valence-corrected chi connectivity index (χ4v) is 2.62. The van der Waals surface area contributed by atoms with Crippen molar-refractivity contribution in [3.05, 3.63) is 77.4 Å². The highest BCUT2D eigenvalue weighted by molar-refractivity contribution is 5.99. The van der Waals surface area contributed by atoms with Crippen LogP contribution in [0.25, 0.3) is 5.69 Å². The molecule has 28 heavy (non-hydrogen) atoms. The van der Waals surface area contributed by atoms with Gasteiger partial charge in [-0.25, -0.2) is 9.07 Å². The molecule has 3 aromatic rings. The molecule has 8 heteroatoms. The Bertz CT molecular complexity index is 999. The number of hydrazine groups is 1. The Labute approximate surface area is 161 Å². The lowest BCUT2D eigenvalue weighted by molar-refractivity contribution is 0.0846. The molecule has 0 atom stereocenters. The number of para-hydroxylation sites is 1. The zero-order chi connectivity index (χ0) is 20.1. The van der Waals surface area contributed by atoms with E-state index in [2.05, 4.69) is 16.0 Å². The first-order valence-electron chi connectivity index (χ1n) is 8.64. The quantitative estimate of drug-likeness (QED) is 0.665. The van der Waals surface area contributed by atoms with Gasteiger partial charge in [0.2, 0.25) is 0 Å². The normalized spacial score (nSPS) is 10.4. The maximum atomic E-state index is 14.0. The number of aromatic nitrogens is 2. The number of nitrogens with one attached hydrogen (secondary N) is 2. The number of hydrogen-bond donors (Lipinski definition) is 2. The number of amides is 2. The maximum Gasteiger partial charge on any atom is 0.273 e. The molecule has 0 bridgehead atoms. The summed E-state index contributed by atoms with van der Waals surface area (Å²) in [5.41, 5.74) is 5.94. The zero-order valence-electron chi connectivity index (χ0n) is 15.4. The van der Waals surface area contributed by atoms with E-state index in [0.717, 1.165) is 0 Å². The molecule has 144 valence electrons. The minimum absolute atomic E-state index is 0.218. The van der Waals surface area contributed by atoms with E-state index < -0.39 is 17.6 Å². The number of rotatable bonds is 5. The molecule has 7 nitrogen and oxygen atoms in total. The lowest BCUT2D eigenvalue weighted by Gasteiger charge is -2.09. The van der Waals surface area contributed by atoms with Crippen LogP contribution in [0.5, 0.6) is 5.75 Å². The van der Waals surface area contributed by atoms with Crippen LogP contribution in [0, 0.1) is 12.7 Å². The van der Waals surface area contributed by atoms with Gasteiger partial charge in [-0.3, -0.25) is 20.4 Å². The largest absolute Gasteiger partial charge is 0.494 e. The third-order valence-corrected chi connectivity index (χ3v) is 4.05. The Balaban J connectivity index is 1.67. The summed E-state index contributed by atoms with van der Waals surface area (Å²) in [7, 11) is 0. The number of hydrogen-bond acceptors (Lipinski definition) is 4. The van der Waals surface area contributed by atoms with Crippen molar-refractivity contribution in [2.45, 2.75) is 13.8 Å². The zero-order valence-corrected chi connectivity index (χ0v) is 15.4. The summed E-state index contributed by atoms with van der Waals surface area (Å²) in [6.45, 7) is 4.04. The molecule has 3 rings (SSSR count). The third-order valence-electron chi connectivity index (χ3n) is 4.05. The number of carbonyl (C=O) groups is 2. The summed E-state index contributed by atoms with van der Waals surface area (Å²) in [6.07, 6.45) is 1.32. The fourth-order valence-electron chi connectivity index (χ4n) is 2.62. The van der Waals surface area contributed by atoms with E-state index in [4.69, 9.17) is 4.74 Å². The summed E-state index contributed by atoms with van der Waals surface area (Å²) in [5, 5.41) is 4.07. The average Bonchev–Trinajstić information content (AvgIpc) is 3.08. The van der Waals surface area contributed by atoms with E-state index in [1.807, 2.05) is 6.92 Å². The second-order valence-electron chi connectivity index (χ2n) is 5.87. The van der Waals surface area contributed by atoms with E-state index >= 15 is 0 Å². The highest BCUT2D eigenvalue weighted by Gasteiger charge is 2.17. The lowest BCUT2D eigenvalue weighted by atomic mass is 10.2. The second kappa shape index (κ2) is 8.34. The van der Waals surface area contributed by atoms with Crippen molar-refractivity contribution in [1.82, 2.24) is 20.6 Å². The number of nitrogens with zero attached hydrogens (tertiary/aromatic N) is 2. The van der Waals surface area contributed by atoms with Gasteiger partial charge in [0.15, 0.2) is 0 Å². The van der Waals surface area contributed by atoms with Crippen LogP contribution in [0.3, 0.4) is 0 Å². The van der Waals surface area contributed by atoms with Crippen molar-refractivity contribution in [3.8, 4) is 11.4 Å². The Morgan fingerprint density at radius 2 is 1.75 bits per heavy atom. The molecule has 0 radical (unpaired) electrons. The molecular weight excluding hydrogens is 363 g/mol. The molecule has 0 aliphatic heterocycles. The van der Waals surface area contributed by atoms with Gasteiger partial charge in [-0.2, -0.15) is 5.10 Å². The molecule has 2 aromatic carbocycles. The van der Waals surface area contributed by atoms with Crippen LogP contribution in [-0.2, 0) is 0 Å². The van der Waals surface area contributed by atoms with Gasteiger partial charge in [-0.05, 0) is 50.2 Å². The van der Waals surface area contributed by atoms with Gasteiger partial charge in [0.1, 0.15) is 17.3 Å². The van der Waals surface area contributed by atoms with Crippen LogP contribution in [0.4, 0.5) is 4.39 Å². The summed E-state index contributed by atoms with van der Waals surface area (Å²) < 4.78 is 20.6. The van der Waals surface area contributed by atoms with Crippen LogP contribution in [0.1, 0.15) is 33.3 Å². The van der Waals surface area contributed by atoms with Gasteiger partial charge < -0.3 is 4.74 Å². The molecule has 1 aromatic heterocycles. The molecule has 1 heterocycles. The van der Waals surface area contributed by atoms with E-state index in [9.17, 15) is 14.0 Å². The van der Waals surface area contributed by atoms with Crippen molar-refractivity contribution in [3.63, 3.8) is 0 Å². The molecule has 0 aliphatic rings. The first-order chi connectivity index (χ1) is 13.5. The predicted molar refractivity (Wildman–Crippen MR) is 101 cm³/mol. The fraction of sp³-hybridized carbons (Fsp3) is 0.150. The Morgan fingerprint density at radius 1 is 1.07 bits per heavy atom. The molecule has 0 aliphatic carbocycles. The van der Waals surface area contributed by atoms with Crippen molar-refractivity contribution in [2.75, 3.05) is 6.61 Å². The summed E-state index contributed by atoms with van der Waals surface area (Å²) in [6, 6.07) is 12.6. The van der Waals surface area contributed by atoms with Gasteiger partial charge in [0.05, 0.1) is 24.1 Å². The van der Waals surface area contributed by atoms with Crippen LogP contribution in [0.15, 0.2) is 54.7 Å². The smallest absolute Gasteiger partial charge is 0.273 e. The molecule has 0 unspecified atom stereocenters. The van der Waals surface area contributed by atoms with Crippen LogP contribution >= 0.6 is 0 Å². The highest BCUT2D eigenvalue weighted by Crippen LogP contribution is 2.17. The van der Waals surface area contributed by atoms with Gasteiger partial charge in [-0.1, -0.05) is 12.1 Å². The lowest BCUT2D eigenvalue weighted by Crippen LogP contribution is -2.41. The van der Waals surface area contributed by atoms with E-state index in [0.29, 0.717) is 23.6 Å². The van der Waals surface area contributed by atoms with Crippen LogP contribution in [-0.4, -0.2) is 28.2 Å². The standard InChI is InChI=1S/C20H19FN4O3/c1-3-28-15-10-8-14(9-11-15)19(26)23-24-20(27)16-12-22-25(13(16)2)18-7-5-4-6-17(18)21/h4-12H,3H2,1-2H3,(H,23,26)(H,24,27). The van der Waals surface area contributed by atoms with Crippen molar-refractivity contribution >= 4 is 11.8 Å². The Kier molecular flexibility index (Phi) is 5.69. The molecule has 2 amide bonds. The van der Waals surface area contributed by atoms with Gasteiger partial charge >= 0.3 is 0 Å². The van der Waals surface area contributed by atoms with E-state index in [1.165, 1.54) is 16.9 Å². The summed E-state index contributed by atoms with van der Waals surface area (Å²) in [4.78, 5) is 24.5.